The summed E-state index contributed by atoms with van der Waals surface area (Å²) in [7, 11) is 1.94. The van der Waals surface area contributed by atoms with Crippen molar-refractivity contribution in [1.82, 2.24) is 10.2 Å². The topological polar surface area (TPSA) is 45.5 Å². The lowest BCUT2D eigenvalue weighted by Crippen LogP contribution is -2.47. The minimum Gasteiger partial charge on any atom is -0.459 e. The monoisotopic (exact) mass is 222 g/mol. The number of carbonyl (C=O) groups is 1. The lowest BCUT2D eigenvalue weighted by atomic mass is 10.1. The van der Waals surface area contributed by atoms with Crippen LogP contribution in [-0.4, -0.2) is 37.0 Å². The van der Waals surface area contributed by atoms with Gasteiger partial charge >= 0.3 is 0 Å². The molecule has 1 fully saturated rings. The third kappa shape index (κ3) is 2.11. The van der Waals surface area contributed by atoms with E-state index in [1.54, 1.807) is 6.26 Å². The number of carbonyl (C=O) groups excluding carboxylic acids is 1. The van der Waals surface area contributed by atoms with E-state index in [1.807, 2.05) is 24.9 Å². The highest BCUT2D eigenvalue weighted by atomic mass is 16.3. The van der Waals surface area contributed by atoms with Crippen molar-refractivity contribution in [2.24, 2.45) is 0 Å². The quantitative estimate of drug-likeness (QED) is 0.823. The molecular weight excluding hydrogens is 204 g/mol. The fraction of sp³-hybridized carbons (Fsp3) is 0.583. The van der Waals surface area contributed by atoms with Gasteiger partial charge in [0, 0.05) is 24.7 Å². The summed E-state index contributed by atoms with van der Waals surface area (Å²) >= 11 is 0. The van der Waals surface area contributed by atoms with E-state index in [4.69, 9.17) is 4.42 Å². The Balaban J connectivity index is 2.07. The predicted molar refractivity (Wildman–Crippen MR) is 61.4 cm³/mol. The van der Waals surface area contributed by atoms with Gasteiger partial charge in [0.2, 0.25) is 0 Å². The molecule has 0 aliphatic carbocycles. The lowest BCUT2D eigenvalue weighted by molar-refractivity contribution is 0.0665. The van der Waals surface area contributed by atoms with Crippen LogP contribution in [0.5, 0.6) is 0 Å². The minimum atomic E-state index is 0.0162. The molecule has 0 bridgehead atoms. The van der Waals surface area contributed by atoms with Crippen LogP contribution in [0.25, 0.3) is 0 Å². The lowest BCUT2D eigenvalue weighted by Gasteiger charge is -2.32. The van der Waals surface area contributed by atoms with E-state index in [-0.39, 0.29) is 5.91 Å². The molecule has 1 atom stereocenters. The van der Waals surface area contributed by atoms with Crippen LogP contribution < -0.4 is 5.32 Å². The molecule has 0 spiro atoms. The second-order valence-electron chi connectivity index (χ2n) is 4.31. The first-order valence-electron chi connectivity index (χ1n) is 5.73. The second-order valence-corrected chi connectivity index (χ2v) is 4.31. The van der Waals surface area contributed by atoms with Crippen LogP contribution in [0.3, 0.4) is 0 Å². The smallest absolute Gasteiger partial charge is 0.289 e. The van der Waals surface area contributed by atoms with Crippen molar-refractivity contribution in [3.8, 4) is 0 Å². The molecule has 88 valence electrons. The summed E-state index contributed by atoms with van der Waals surface area (Å²) in [6.07, 6.45) is 3.76. The Kier molecular flexibility index (Phi) is 3.29. The summed E-state index contributed by atoms with van der Waals surface area (Å²) in [5.74, 6) is 0.499. The minimum absolute atomic E-state index is 0.0162. The van der Waals surface area contributed by atoms with E-state index in [2.05, 4.69) is 5.32 Å². The highest BCUT2D eigenvalue weighted by Crippen LogP contribution is 2.16. The number of piperidine rings is 1. The maximum absolute atomic E-state index is 12.1. The van der Waals surface area contributed by atoms with Gasteiger partial charge in [0.1, 0.15) is 0 Å². The van der Waals surface area contributed by atoms with Crippen molar-refractivity contribution < 1.29 is 9.21 Å². The number of aryl methyl sites for hydroxylation is 1. The van der Waals surface area contributed by atoms with Crippen molar-refractivity contribution >= 4 is 5.91 Å². The average molecular weight is 222 g/mol. The zero-order valence-electron chi connectivity index (χ0n) is 9.82. The molecule has 1 aliphatic heterocycles. The first-order valence-corrected chi connectivity index (χ1v) is 5.73. The summed E-state index contributed by atoms with van der Waals surface area (Å²) in [6.45, 7) is 3.50. The molecule has 1 aliphatic rings. The molecule has 1 aromatic heterocycles. The number of furan rings is 1. The highest BCUT2D eigenvalue weighted by molar-refractivity contribution is 5.92. The van der Waals surface area contributed by atoms with E-state index in [0.29, 0.717) is 11.8 Å². The van der Waals surface area contributed by atoms with Crippen LogP contribution in [-0.2, 0) is 0 Å². The number of hydrogen-bond donors (Lipinski definition) is 1. The SMILES string of the molecule is CNC1CCCN(C(=O)c2occc2C)C1. The molecule has 1 N–H and O–H groups in total. The fourth-order valence-electron chi connectivity index (χ4n) is 2.13. The molecule has 1 aromatic rings. The molecule has 4 nitrogen and oxygen atoms in total. The largest absolute Gasteiger partial charge is 0.459 e. The van der Waals surface area contributed by atoms with E-state index in [9.17, 15) is 4.79 Å². The Hall–Kier alpha value is -1.29. The number of nitrogens with zero attached hydrogens (tertiary/aromatic N) is 1. The summed E-state index contributed by atoms with van der Waals surface area (Å²) in [5, 5.41) is 3.22. The molecule has 0 aromatic carbocycles. The zero-order valence-corrected chi connectivity index (χ0v) is 9.82. The standard InChI is InChI=1S/C12H18N2O2/c1-9-5-7-16-11(9)12(15)14-6-3-4-10(8-14)13-2/h5,7,10,13H,3-4,6,8H2,1-2H3. The number of hydrogen-bond acceptors (Lipinski definition) is 3. The summed E-state index contributed by atoms with van der Waals surface area (Å²) in [5.41, 5.74) is 0.914. The summed E-state index contributed by atoms with van der Waals surface area (Å²) in [4.78, 5) is 14.0. The molecule has 1 unspecified atom stereocenters. The third-order valence-corrected chi connectivity index (χ3v) is 3.17. The van der Waals surface area contributed by atoms with E-state index < -0.39 is 0 Å². The van der Waals surface area contributed by atoms with Crippen molar-refractivity contribution in [3.63, 3.8) is 0 Å². The average Bonchev–Trinajstić information content (AvgIpc) is 2.74. The zero-order chi connectivity index (χ0) is 11.5. The fourth-order valence-corrected chi connectivity index (χ4v) is 2.13. The van der Waals surface area contributed by atoms with Gasteiger partial charge in [-0.1, -0.05) is 0 Å². The van der Waals surface area contributed by atoms with Gasteiger partial charge in [0.15, 0.2) is 5.76 Å². The van der Waals surface area contributed by atoms with Gasteiger partial charge < -0.3 is 14.6 Å². The Morgan fingerprint density at radius 1 is 1.62 bits per heavy atom. The first kappa shape index (κ1) is 11.2. The van der Waals surface area contributed by atoms with Gasteiger partial charge in [-0.3, -0.25) is 4.79 Å². The summed E-state index contributed by atoms with van der Waals surface area (Å²) in [6, 6.07) is 2.24. The number of likely N-dealkylation sites (tertiary alicyclic amines) is 1. The molecule has 1 saturated heterocycles. The molecular formula is C12H18N2O2. The number of rotatable bonds is 2. The second kappa shape index (κ2) is 4.70. The van der Waals surface area contributed by atoms with Crippen molar-refractivity contribution in [2.75, 3.05) is 20.1 Å². The molecule has 16 heavy (non-hydrogen) atoms. The Morgan fingerprint density at radius 2 is 2.44 bits per heavy atom. The molecule has 0 saturated carbocycles. The molecule has 1 amide bonds. The van der Waals surface area contributed by atoms with Gasteiger partial charge in [-0.25, -0.2) is 0 Å². The van der Waals surface area contributed by atoms with Crippen LogP contribution in [0.15, 0.2) is 16.7 Å². The predicted octanol–water partition coefficient (Wildman–Crippen LogP) is 1.41. The van der Waals surface area contributed by atoms with Crippen LogP contribution in [0.1, 0.15) is 29.0 Å². The Labute approximate surface area is 95.6 Å². The third-order valence-electron chi connectivity index (χ3n) is 3.17. The highest BCUT2D eigenvalue weighted by Gasteiger charge is 2.25. The number of amides is 1. The first-order chi connectivity index (χ1) is 7.72. The maximum Gasteiger partial charge on any atom is 0.289 e. The Morgan fingerprint density at radius 3 is 3.06 bits per heavy atom. The number of nitrogens with one attached hydrogen (secondary N) is 1. The van der Waals surface area contributed by atoms with Gasteiger partial charge in [-0.05, 0) is 32.9 Å². The molecule has 0 radical (unpaired) electrons. The summed E-state index contributed by atoms with van der Waals surface area (Å²) < 4.78 is 5.24. The van der Waals surface area contributed by atoms with Crippen LogP contribution in [0.4, 0.5) is 0 Å². The van der Waals surface area contributed by atoms with E-state index in [1.165, 1.54) is 0 Å². The Bertz CT molecular complexity index is 373. The van der Waals surface area contributed by atoms with Gasteiger partial charge in [0.05, 0.1) is 6.26 Å². The van der Waals surface area contributed by atoms with E-state index in [0.717, 1.165) is 31.5 Å². The normalized spacial score (nSPS) is 21.1. The van der Waals surface area contributed by atoms with Gasteiger partial charge in [0.25, 0.3) is 5.91 Å². The van der Waals surface area contributed by atoms with Crippen molar-refractivity contribution in [2.45, 2.75) is 25.8 Å². The van der Waals surface area contributed by atoms with Crippen molar-refractivity contribution in [1.29, 1.82) is 0 Å². The molecule has 2 rings (SSSR count). The molecule has 4 heteroatoms. The van der Waals surface area contributed by atoms with Crippen LogP contribution in [0.2, 0.25) is 0 Å². The van der Waals surface area contributed by atoms with Crippen LogP contribution in [0, 0.1) is 6.92 Å². The molecule has 2 heterocycles. The van der Waals surface area contributed by atoms with Gasteiger partial charge in [-0.15, -0.1) is 0 Å². The number of likely N-dealkylation sites (N-methyl/N-ethyl adjacent to an activating group) is 1. The van der Waals surface area contributed by atoms with Crippen molar-refractivity contribution in [3.05, 3.63) is 23.7 Å². The van der Waals surface area contributed by atoms with E-state index >= 15 is 0 Å². The van der Waals surface area contributed by atoms with Gasteiger partial charge in [-0.2, -0.15) is 0 Å². The maximum atomic E-state index is 12.1. The van der Waals surface area contributed by atoms with Crippen LogP contribution >= 0.6 is 0 Å².